The highest BCUT2D eigenvalue weighted by Crippen LogP contribution is 2.40. The third-order valence-electron chi connectivity index (χ3n) is 5.12. The number of carboxylic acids is 1. The van der Waals surface area contributed by atoms with Crippen molar-refractivity contribution in [1.82, 2.24) is 10.2 Å². The van der Waals surface area contributed by atoms with E-state index in [2.05, 4.69) is 5.32 Å². The Morgan fingerprint density at radius 1 is 1.24 bits per heavy atom. The minimum Gasteiger partial charge on any atom is -0.481 e. The van der Waals surface area contributed by atoms with E-state index in [1.54, 1.807) is 0 Å². The smallest absolute Gasteiger partial charge is 0.310 e. The van der Waals surface area contributed by atoms with Gasteiger partial charge in [-0.3, -0.25) is 9.59 Å². The summed E-state index contributed by atoms with van der Waals surface area (Å²) in [6, 6.07) is 0. The first-order valence-electron chi connectivity index (χ1n) is 8.23. The van der Waals surface area contributed by atoms with Gasteiger partial charge in [-0.1, -0.05) is 19.3 Å². The van der Waals surface area contributed by atoms with Crippen LogP contribution in [0.4, 0.5) is 0 Å². The van der Waals surface area contributed by atoms with Gasteiger partial charge in [0.15, 0.2) is 0 Å². The highest BCUT2D eigenvalue weighted by atomic mass is 16.4. The molecule has 2 aliphatic rings. The quantitative estimate of drug-likeness (QED) is 0.812. The summed E-state index contributed by atoms with van der Waals surface area (Å²) in [6.07, 6.45) is 6.63. The largest absolute Gasteiger partial charge is 0.481 e. The number of aliphatic carboxylic acids is 1. The van der Waals surface area contributed by atoms with Crippen LogP contribution in [0.5, 0.6) is 0 Å². The molecule has 1 unspecified atom stereocenters. The molecule has 2 N–H and O–H groups in total. The Balaban J connectivity index is 1.97. The predicted octanol–water partition coefficient (Wildman–Crippen LogP) is 1.87. The Hall–Kier alpha value is -1.10. The van der Waals surface area contributed by atoms with Gasteiger partial charge in [0.25, 0.3) is 0 Å². The molecule has 0 aromatic rings. The van der Waals surface area contributed by atoms with E-state index in [0.29, 0.717) is 18.8 Å². The number of carbonyl (C=O) groups is 2. The molecule has 0 spiro atoms. The molecule has 21 heavy (non-hydrogen) atoms. The number of carbonyl (C=O) groups excluding carboxylic acids is 1. The maximum atomic E-state index is 12.6. The van der Waals surface area contributed by atoms with Crippen LogP contribution in [-0.4, -0.2) is 48.6 Å². The van der Waals surface area contributed by atoms with Gasteiger partial charge in [-0.2, -0.15) is 0 Å². The fourth-order valence-corrected chi connectivity index (χ4v) is 3.84. The van der Waals surface area contributed by atoms with E-state index in [1.165, 1.54) is 0 Å². The van der Waals surface area contributed by atoms with Crippen LogP contribution >= 0.6 is 0 Å². The monoisotopic (exact) mass is 296 g/mol. The van der Waals surface area contributed by atoms with Crippen LogP contribution in [0.1, 0.15) is 51.4 Å². The van der Waals surface area contributed by atoms with Crippen LogP contribution in [0, 0.1) is 11.3 Å². The van der Waals surface area contributed by atoms with Crippen molar-refractivity contribution in [1.29, 1.82) is 0 Å². The van der Waals surface area contributed by atoms with Crippen molar-refractivity contribution < 1.29 is 14.7 Å². The van der Waals surface area contributed by atoms with Gasteiger partial charge in [-0.15, -0.1) is 0 Å². The Kier molecular flexibility index (Phi) is 5.62. The summed E-state index contributed by atoms with van der Waals surface area (Å²) in [7, 11) is 1.93. The summed E-state index contributed by atoms with van der Waals surface area (Å²) in [5, 5.41) is 12.8. The van der Waals surface area contributed by atoms with Crippen LogP contribution in [0.25, 0.3) is 0 Å². The number of rotatable bonds is 5. The van der Waals surface area contributed by atoms with Gasteiger partial charge in [0.2, 0.25) is 5.91 Å². The second-order valence-electron chi connectivity index (χ2n) is 6.73. The average Bonchev–Trinajstić information content (AvgIpc) is 2.48. The maximum absolute atomic E-state index is 12.6. The molecule has 1 heterocycles. The highest BCUT2D eigenvalue weighted by Gasteiger charge is 2.42. The lowest BCUT2D eigenvalue weighted by Gasteiger charge is -2.37. The molecule has 0 bridgehead atoms. The predicted molar refractivity (Wildman–Crippen MR) is 81.0 cm³/mol. The molecule has 1 aliphatic carbocycles. The molecule has 120 valence electrons. The minimum atomic E-state index is -0.800. The third kappa shape index (κ3) is 3.96. The number of amides is 1. The fourth-order valence-electron chi connectivity index (χ4n) is 3.84. The number of hydrogen-bond acceptors (Lipinski definition) is 3. The van der Waals surface area contributed by atoms with Crippen molar-refractivity contribution in [2.45, 2.75) is 51.4 Å². The van der Waals surface area contributed by atoms with Crippen LogP contribution in [0.15, 0.2) is 0 Å². The number of hydrogen-bond donors (Lipinski definition) is 2. The standard InChI is InChI=1S/C16H28N2O3/c1-17-11-13-6-5-9-18(12-13)14(19)10-16(15(20)21)7-3-2-4-8-16/h13,17H,2-12H2,1H3,(H,20,21). The van der Waals surface area contributed by atoms with Crippen LogP contribution in [0.2, 0.25) is 0 Å². The zero-order chi connectivity index (χ0) is 15.3. The van der Waals surface area contributed by atoms with Gasteiger partial charge in [-0.05, 0) is 45.2 Å². The summed E-state index contributed by atoms with van der Waals surface area (Å²) in [6.45, 7) is 2.48. The molecule has 2 rings (SSSR count). The second-order valence-corrected chi connectivity index (χ2v) is 6.73. The van der Waals surface area contributed by atoms with E-state index in [0.717, 1.165) is 51.7 Å². The molecule has 0 aromatic heterocycles. The van der Waals surface area contributed by atoms with Crippen LogP contribution in [-0.2, 0) is 9.59 Å². The Bertz CT molecular complexity index is 376. The minimum absolute atomic E-state index is 0.0418. The summed E-state index contributed by atoms with van der Waals surface area (Å²) in [5.41, 5.74) is -0.800. The average molecular weight is 296 g/mol. The lowest BCUT2D eigenvalue weighted by molar-refractivity contribution is -0.156. The van der Waals surface area contributed by atoms with Crippen molar-refractivity contribution in [3.05, 3.63) is 0 Å². The van der Waals surface area contributed by atoms with Crippen molar-refractivity contribution in [2.24, 2.45) is 11.3 Å². The first kappa shape index (κ1) is 16.3. The summed E-state index contributed by atoms with van der Waals surface area (Å²) >= 11 is 0. The number of nitrogens with one attached hydrogen (secondary N) is 1. The van der Waals surface area contributed by atoms with E-state index in [4.69, 9.17) is 0 Å². The van der Waals surface area contributed by atoms with Crippen molar-refractivity contribution in [3.63, 3.8) is 0 Å². The van der Waals surface area contributed by atoms with E-state index >= 15 is 0 Å². The Labute approximate surface area is 127 Å². The van der Waals surface area contributed by atoms with Crippen molar-refractivity contribution in [3.8, 4) is 0 Å². The summed E-state index contributed by atoms with van der Waals surface area (Å²) in [5.74, 6) is -0.237. The molecule has 5 heteroatoms. The maximum Gasteiger partial charge on any atom is 0.310 e. The van der Waals surface area contributed by atoms with Gasteiger partial charge in [0, 0.05) is 19.5 Å². The van der Waals surface area contributed by atoms with E-state index < -0.39 is 11.4 Å². The Morgan fingerprint density at radius 2 is 1.95 bits per heavy atom. The van der Waals surface area contributed by atoms with E-state index in [9.17, 15) is 14.7 Å². The first-order chi connectivity index (χ1) is 10.1. The summed E-state index contributed by atoms with van der Waals surface area (Å²) < 4.78 is 0. The lowest BCUT2D eigenvalue weighted by atomic mass is 9.71. The van der Waals surface area contributed by atoms with Crippen molar-refractivity contribution >= 4 is 11.9 Å². The van der Waals surface area contributed by atoms with Gasteiger partial charge in [0.05, 0.1) is 5.41 Å². The molecule has 2 fully saturated rings. The lowest BCUT2D eigenvalue weighted by Crippen LogP contribution is -2.46. The second kappa shape index (κ2) is 7.25. The first-order valence-corrected chi connectivity index (χ1v) is 8.23. The summed E-state index contributed by atoms with van der Waals surface area (Å²) in [4.78, 5) is 26.1. The molecule has 1 atom stereocenters. The molecule has 1 saturated carbocycles. The van der Waals surface area contributed by atoms with Gasteiger partial charge in [-0.25, -0.2) is 0 Å². The van der Waals surface area contributed by atoms with E-state index in [-0.39, 0.29) is 12.3 Å². The zero-order valence-corrected chi connectivity index (χ0v) is 13.1. The molecular formula is C16H28N2O3. The molecule has 0 aromatic carbocycles. The number of carboxylic acid groups (broad SMARTS) is 1. The molecule has 1 saturated heterocycles. The molecule has 1 amide bonds. The normalized spacial score (nSPS) is 25.6. The van der Waals surface area contributed by atoms with Gasteiger partial charge >= 0.3 is 5.97 Å². The number of nitrogens with zero attached hydrogens (tertiary/aromatic N) is 1. The SMILES string of the molecule is CNCC1CCCN(C(=O)CC2(C(=O)O)CCCCC2)C1. The zero-order valence-electron chi connectivity index (χ0n) is 13.1. The van der Waals surface area contributed by atoms with E-state index in [1.807, 2.05) is 11.9 Å². The van der Waals surface area contributed by atoms with Crippen LogP contribution < -0.4 is 5.32 Å². The topological polar surface area (TPSA) is 69.6 Å². The third-order valence-corrected chi connectivity index (χ3v) is 5.12. The van der Waals surface area contributed by atoms with Gasteiger partial charge < -0.3 is 15.3 Å². The molecular weight excluding hydrogens is 268 g/mol. The number of piperidine rings is 1. The Morgan fingerprint density at radius 3 is 2.57 bits per heavy atom. The molecule has 0 radical (unpaired) electrons. The van der Waals surface area contributed by atoms with Gasteiger partial charge in [0.1, 0.15) is 0 Å². The molecule has 5 nitrogen and oxygen atoms in total. The fraction of sp³-hybridized carbons (Fsp3) is 0.875. The highest BCUT2D eigenvalue weighted by molar-refractivity contribution is 5.85. The van der Waals surface area contributed by atoms with Crippen LogP contribution in [0.3, 0.4) is 0 Å². The van der Waals surface area contributed by atoms with Crippen molar-refractivity contribution in [2.75, 3.05) is 26.7 Å². The number of likely N-dealkylation sites (tertiary alicyclic amines) is 1. The molecule has 1 aliphatic heterocycles.